The lowest BCUT2D eigenvalue weighted by Crippen LogP contribution is -2.47. The number of sulfonamides is 1. The topological polar surface area (TPSA) is 81.9 Å². The van der Waals surface area contributed by atoms with E-state index in [0.717, 1.165) is 12.1 Å². The molecule has 0 atom stereocenters. The molecule has 0 bridgehead atoms. The molecule has 2 heterocycles. The van der Waals surface area contributed by atoms with Gasteiger partial charge in [-0.05, 0) is 18.2 Å². The van der Waals surface area contributed by atoms with Crippen molar-refractivity contribution in [2.75, 3.05) is 32.0 Å². The van der Waals surface area contributed by atoms with Crippen LogP contribution >= 0.6 is 0 Å². The predicted molar refractivity (Wildman–Crippen MR) is 73.4 cm³/mol. The van der Waals surface area contributed by atoms with Crippen molar-refractivity contribution in [2.24, 2.45) is 0 Å². The van der Waals surface area contributed by atoms with E-state index in [2.05, 4.69) is 0 Å². The van der Waals surface area contributed by atoms with Crippen molar-refractivity contribution in [2.45, 2.75) is 23.5 Å². The van der Waals surface area contributed by atoms with Crippen molar-refractivity contribution in [3.63, 3.8) is 0 Å². The Hall–Kier alpha value is -1.22. The maximum absolute atomic E-state index is 13.3. The van der Waals surface area contributed by atoms with Gasteiger partial charge in [0.1, 0.15) is 10.7 Å². The van der Waals surface area contributed by atoms with Gasteiger partial charge in [0.2, 0.25) is 10.0 Å². The van der Waals surface area contributed by atoms with E-state index in [-0.39, 0.29) is 23.7 Å². The van der Waals surface area contributed by atoms with Crippen LogP contribution in [0.4, 0.5) is 10.1 Å². The smallest absolute Gasteiger partial charge is 0.245 e. The molecule has 2 aliphatic rings. The molecule has 1 aromatic rings. The van der Waals surface area contributed by atoms with Gasteiger partial charge in [0.25, 0.3) is 0 Å². The molecule has 8 heteroatoms. The summed E-state index contributed by atoms with van der Waals surface area (Å²) in [6.45, 7) is 1.59. The molecular formula is C13H17FN2O4S. The van der Waals surface area contributed by atoms with Gasteiger partial charge in [-0.1, -0.05) is 0 Å². The van der Waals surface area contributed by atoms with E-state index in [1.54, 1.807) is 0 Å². The second-order valence-corrected chi connectivity index (χ2v) is 7.10. The highest BCUT2D eigenvalue weighted by Crippen LogP contribution is 2.34. The second kappa shape index (κ2) is 5.20. The Balaban J connectivity index is 1.82. The van der Waals surface area contributed by atoms with Crippen LogP contribution in [0, 0.1) is 5.82 Å². The van der Waals surface area contributed by atoms with Crippen molar-refractivity contribution >= 4 is 15.7 Å². The fourth-order valence-electron chi connectivity index (χ4n) is 2.72. The lowest BCUT2D eigenvalue weighted by Gasteiger charge is -2.36. The van der Waals surface area contributed by atoms with Gasteiger partial charge in [-0.25, -0.2) is 12.8 Å². The normalized spacial score (nSPS) is 22.7. The zero-order valence-electron chi connectivity index (χ0n) is 11.4. The molecule has 0 unspecified atom stereocenters. The van der Waals surface area contributed by atoms with Crippen LogP contribution in [0.1, 0.15) is 12.8 Å². The first-order chi connectivity index (χ1) is 9.93. The van der Waals surface area contributed by atoms with Gasteiger partial charge >= 0.3 is 0 Å². The van der Waals surface area contributed by atoms with E-state index in [1.807, 2.05) is 0 Å². The summed E-state index contributed by atoms with van der Waals surface area (Å²) < 4.78 is 50.9. The first-order valence-corrected chi connectivity index (χ1v) is 8.20. The molecule has 0 radical (unpaired) electrons. The molecular weight excluding hydrogens is 299 g/mol. The van der Waals surface area contributed by atoms with Gasteiger partial charge in [-0.2, -0.15) is 4.31 Å². The highest BCUT2D eigenvalue weighted by molar-refractivity contribution is 7.89. The van der Waals surface area contributed by atoms with Crippen molar-refractivity contribution in [3.8, 4) is 0 Å². The Bertz CT molecular complexity index is 634. The van der Waals surface area contributed by atoms with E-state index in [0.29, 0.717) is 26.1 Å². The maximum Gasteiger partial charge on any atom is 0.245 e. The Morgan fingerprint density at radius 3 is 2.43 bits per heavy atom. The Labute approximate surface area is 122 Å². The maximum atomic E-state index is 13.3. The number of anilines is 1. The van der Waals surface area contributed by atoms with Crippen molar-refractivity contribution < 1.29 is 22.3 Å². The molecule has 3 rings (SSSR count). The quantitative estimate of drug-likeness (QED) is 0.821. The molecule has 0 aromatic heterocycles. The summed E-state index contributed by atoms with van der Waals surface area (Å²) in [5, 5.41) is 0. The zero-order chi connectivity index (χ0) is 15.1. The first-order valence-electron chi connectivity index (χ1n) is 6.76. The van der Waals surface area contributed by atoms with Crippen LogP contribution in [0.25, 0.3) is 0 Å². The van der Waals surface area contributed by atoms with E-state index in [4.69, 9.17) is 15.2 Å². The van der Waals surface area contributed by atoms with Crippen LogP contribution in [0.2, 0.25) is 0 Å². The van der Waals surface area contributed by atoms with Crippen LogP contribution in [-0.2, 0) is 19.5 Å². The Morgan fingerprint density at radius 2 is 1.81 bits per heavy atom. The minimum atomic E-state index is -3.80. The Morgan fingerprint density at radius 1 is 1.19 bits per heavy atom. The van der Waals surface area contributed by atoms with Gasteiger partial charge in [0.05, 0.1) is 18.9 Å². The highest BCUT2D eigenvalue weighted by atomic mass is 32.2. The highest BCUT2D eigenvalue weighted by Gasteiger charge is 2.43. The third-order valence-corrected chi connectivity index (χ3v) is 5.85. The molecule has 1 spiro atoms. The molecule has 1 aromatic carbocycles. The van der Waals surface area contributed by atoms with E-state index < -0.39 is 21.6 Å². The largest absolute Gasteiger partial charge is 0.398 e. The first kappa shape index (κ1) is 14.7. The van der Waals surface area contributed by atoms with E-state index in [1.165, 1.54) is 10.4 Å². The third-order valence-electron chi connectivity index (χ3n) is 3.89. The summed E-state index contributed by atoms with van der Waals surface area (Å²) >= 11 is 0. The van der Waals surface area contributed by atoms with Crippen LogP contribution in [0.5, 0.6) is 0 Å². The fourth-order valence-corrected chi connectivity index (χ4v) is 4.29. The van der Waals surface area contributed by atoms with Crippen molar-refractivity contribution in [3.05, 3.63) is 24.0 Å². The van der Waals surface area contributed by atoms with Gasteiger partial charge in [0, 0.05) is 25.9 Å². The molecule has 0 saturated carbocycles. The standard InChI is InChI=1S/C13H17FN2O4S/c14-10-1-2-11(15)12(9-10)21(17,18)16-5-3-13(4-6-16)19-7-8-20-13/h1-2,9H,3-8,15H2. The van der Waals surface area contributed by atoms with Gasteiger partial charge in [-0.3, -0.25) is 0 Å². The summed E-state index contributed by atoms with van der Waals surface area (Å²) in [6.07, 6.45) is 0.920. The molecule has 0 aliphatic carbocycles. The van der Waals surface area contributed by atoms with E-state index >= 15 is 0 Å². The van der Waals surface area contributed by atoms with Crippen molar-refractivity contribution in [1.29, 1.82) is 0 Å². The van der Waals surface area contributed by atoms with Crippen LogP contribution in [-0.4, -0.2) is 44.8 Å². The number of nitrogens with zero attached hydrogens (tertiary/aromatic N) is 1. The molecule has 2 fully saturated rings. The monoisotopic (exact) mass is 316 g/mol. The number of ether oxygens (including phenoxy) is 2. The van der Waals surface area contributed by atoms with Crippen LogP contribution in [0.15, 0.2) is 23.1 Å². The molecule has 116 valence electrons. The van der Waals surface area contributed by atoms with E-state index in [9.17, 15) is 12.8 Å². The predicted octanol–water partition coefficient (Wildman–Crippen LogP) is 0.935. The fraction of sp³-hybridized carbons (Fsp3) is 0.538. The van der Waals surface area contributed by atoms with Crippen molar-refractivity contribution in [1.82, 2.24) is 4.31 Å². The van der Waals surface area contributed by atoms with Crippen LogP contribution in [0.3, 0.4) is 0 Å². The number of piperidine rings is 1. The number of hydrogen-bond acceptors (Lipinski definition) is 5. The van der Waals surface area contributed by atoms with Crippen LogP contribution < -0.4 is 5.73 Å². The molecule has 0 amide bonds. The molecule has 2 N–H and O–H groups in total. The number of nitrogens with two attached hydrogens (primary N) is 1. The minimum Gasteiger partial charge on any atom is -0.398 e. The summed E-state index contributed by atoms with van der Waals surface area (Å²) in [5.41, 5.74) is 5.72. The van der Waals surface area contributed by atoms with Gasteiger partial charge < -0.3 is 15.2 Å². The lowest BCUT2D eigenvalue weighted by molar-refractivity contribution is -0.179. The average molecular weight is 316 g/mol. The number of nitrogen functional groups attached to an aromatic ring is 1. The third kappa shape index (κ3) is 2.64. The molecule has 6 nitrogen and oxygen atoms in total. The van der Waals surface area contributed by atoms with Gasteiger partial charge in [-0.15, -0.1) is 0 Å². The second-order valence-electron chi connectivity index (χ2n) is 5.19. The lowest BCUT2D eigenvalue weighted by atomic mass is 10.1. The Kier molecular flexibility index (Phi) is 3.64. The number of halogens is 1. The molecule has 2 aliphatic heterocycles. The summed E-state index contributed by atoms with van der Waals surface area (Å²) in [6, 6.07) is 3.36. The number of hydrogen-bond donors (Lipinski definition) is 1. The van der Waals surface area contributed by atoms with Gasteiger partial charge in [0.15, 0.2) is 5.79 Å². The molecule has 2 saturated heterocycles. The summed E-state index contributed by atoms with van der Waals surface area (Å²) in [7, 11) is -3.80. The zero-order valence-corrected chi connectivity index (χ0v) is 12.2. The number of benzene rings is 1. The summed E-state index contributed by atoms with van der Waals surface area (Å²) in [5.74, 6) is -1.28. The summed E-state index contributed by atoms with van der Waals surface area (Å²) in [4.78, 5) is -0.188. The minimum absolute atomic E-state index is 0.0463. The SMILES string of the molecule is Nc1ccc(F)cc1S(=O)(=O)N1CCC2(CC1)OCCO2. The number of rotatable bonds is 2. The molecule has 21 heavy (non-hydrogen) atoms. The average Bonchev–Trinajstić information content (AvgIpc) is 2.90.